The Kier molecular flexibility index (Phi) is 2.14. The Morgan fingerprint density at radius 2 is 2.18 bits per heavy atom. The van der Waals surface area contributed by atoms with Gasteiger partial charge < -0.3 is 0 Å². The third-order valence-electron chi connectivity index (χ3n) is 1.03. The number of hydrogen-bond acceptors (Lipinski definition) is 2. The largest absolute Gasteiger partial charge is 0.275 e. The van der Waals surface area contributed by atoms with Crippen molar-refractivity contribution >= 4 is 16.8 Å². The normalized spacial score (nSPS) is 9.73. The van der Waals surface area contributed by atoms with Crippen molar-refractivity contribution in [2.24, 2.45) is 0 Å². The molecule has 1 heterocycles. The van der Waals surface area contributed by atoms with Gasteiger partial charge in [-0.2, -0.15) is 4.39 Å². The third-order valence-corrected chi connectivity index (χ3v) is 1.24. The fourth-order valence-electron chi connectivity index (χ4n) is 0.552. The van der Waals surface area contributed by atoms with E-state index in [2.05, 4.69) is 4.98 Å². The third kappa shape index (κ3) is 1.71. The van der Waals surface area contributed by atoms with E-state index < -0.39 is 22.6 Å². The zero-order valence-corrected chi connectivity index (χ0v) is 5.90. The fraction of sp³-hybridized carbons (Fsp3) is 0. The summed E-state index contributed by atoms with van der Waals surface area (Å²) in [5.41, 5.74) is -0.423. The van der Waals surface area contributed by atoms with Crippen molar-refractivity contribution < 1.29 is 13.6 Å². The summed E-state index contributed by atoms with van der Waals surface area (Å²) in [6.45, 7) is 0. The minimum Gasteiger partial charge on any atom is -0.275 e. The number of halogens is 3. The van der Waals surface area contributed by atoms with E-state index in [0.717, 1.165) is 6.20 Å². The maximum absolute atomic E-state index is 12.5. The van der Waals surface area contributed by atoms with Crippen LogP contribution in [0.5, 0.6) is 0 Å². The lowest BCUT2D eigenvalue weighted by Crippen LogP contribution is -1.97. The molecule has 0 aliphatic carbocycles. The highest BCUT2D eigenvalue weighted by atomic mass is 35.5. The topological polar surface area (TPSA) is 30.0 Å². The Morgan fingerprint density at radius 1 is 1.55 bits per heavy atom. The van der Waals surface area contributed by atoms with Gasteiger partial charge in [0.05, 0.1) is 5.56 Å². The van der Waals surface area contributed by atoms with Crippen LogP contribution in [0, 0.1) is 11.8 Å². The molecule has 58 valence electrons. The Labute approximate surface area is 65.8 Å². The summed E-state index contributed by atoms with van der Waals surface area (Å²) in [4.78, 5) is 13.4. The lowest BCUT2D eigenvalue weighted by atomic mass is 10.3. The maximum atomic E-state index is 12.5. The molecular weight excluding hydrogens is 176 g/mol. The highest BCUT2D eigenvalue weighted by Crippen LogP contribution is 2.08. The van der Waals surface area contributed by atoms with Gasteiger partial charge in [-0.15, -0.1) is 0 Å². The van der Waals surface area contributed by atoms with Crippen molar-refractivity contribution in [3.63, 3.8) is 0 Å². The summed E-state index contributed by atoms with van der Waals surface area (Å²) in [6, 6.07) is 0.496. The molecule has 1 aromatic heterocycles. The SMILES string of the molecule is O=C(Cl)c1cnc(F)cc1F. The zero-order chi connectivity index (χ0) is 8.43. The molecule has 0 spiro atoms. The fourth-order valence-corrected chi connectivity index (χ4v) is 0.691. The van der Waals surface area contributed by atoms with Crippen LogP contribution in [-0.4, -0.2) is 10.2 Å². The summed E-state index contributed by atoms with van der Waals surface area (Å²) < 4.78 is 24.6. The van der Waals surface area contributed by atoms with E-state index in [1.165, 1.54) is 0 Å². The van der Waals surface area contributed by atoms with Gasteiger partial charge in [0.2, 0.25) is 5.95 Å². The van der Waals surface area contributed by atoms with Crippen LogP contribution >= 0.6 is 11.6 Å². The summed E-state index contributed by atoms with van der Waals surface area (Å²) in [5.74, 6) is -1.98. The molecule has 0 fully saturated rings. The molecule has 0 radical (unpaired) electrons. The van der Waals surface area contributed by atoms with Gasteiger partial charge in [-0.1, -0.05) is 0 Å². The van der Waals surface area contributed by atoms with Crippen LogP contribution in [0.4, 0.5) is 8.78 Å². The van der Waals surface area contributed by atoms with E-state index in [9.17, 15) is 13.6 Å². The highest BCUT2D eigenvalue weighted by Gasteiger charge is 2.09. The van der Waals surface area contributed by atoms with Crippen molar-refractivity contribution in [3.8, 4) is 0 Å². The van der Waals surface area contributed by atoms with Crippen molar-refractivity contribution in [3.05, 3.63) is 29.6 Å². The number of carbonyl (C=O) groups is 1. The second-order valence-corrected chi connectivity index (χ2v) is 2.10. The molecule has 0 unspecified atom stereocenters. The monoisotopic (exact) mass is 177 g/mol. The van der Waals surface area contributed by atoms with Crippen LogP contribution in [0.15, 0.2) is 12.3 Å². The first-order valence-corrected chi connectivity index (χ1v) is 3.00. The molecule has 1 rings (SSSR count). The zero-order valence-electron chi connectivity index (χ0n) is 5.14. The summed E-state index contributed by atoms with van der Waals surface area (Å²) >= 11 is 4.92. The van der Waals surface area contributed by atoms with Gasteiger partial charge in [-0.05, 0) is 11.6 Å². The first-order valence-electron chi connectivity index (χ1n) is 2.62. The van der Waals surface area contributed by atoms with Gasteiger partial charge in [0.25, 0.3) is 5.24 Å². The van der Waals surface area contributed by atoms with Crippen LogP contribution in [0.1, 0.15) is 10.4 Å². The molecule has 0 bridgehead atoms. The number of carbonyl (C=O) groups excluding carboxylic acids is 1. The van der Waals surface area contributed by atoms with Crippen LogP contribution in [0.2, 0.25) is 0 Å². The number of hydrogen-bond donors (Lipinski definition) is 0. The molecule has 5 heteroatoms. The van der Waals surface area contributed by atoms with Gasteiger partial charge >= 0.3 is 0 Å². The second-order valence-electron chi connectivity index (χ2n) is 1.76. The van der Waals surface area contributed by atoms with Crippen molar-refractivity contribution in [1.29, 1.82) is 0 Å². The molecule has 11 heavy (non-hydrogen) atoms. The Morgan fingerprint density at radius 3 is 2.64 bits per heavy atom. The molecule has 2 nitrogen and oxygen atoms in total. The molecule has 0 atom stereocenters. The van der Waals surface area contributed by atoms with E-state index in [1.54, 1.807) is 0 Å². The Balaban J connectivity index is 3.20. The minimum absolute atomic E-state index is 0.423. The molecule has 0 saturated heterocycles. The minimum atomic E-state index is -1.00. The van der Waals surface area contributed by atoms with E-state index >= 15 is 0 Å². The average molecular weight is 178 g/mol. The smallest absolute Gasteiger partial charge is 0.256 e. The van der Waals surface area contributed by atoms with E-state index in [1.807, 2.05) is 0 Å². The van der Waals surface area contributed by atoms with E-state index in [-0.39, 0.29) is 0 Å². The van der Waals surface area contributed by atoms with Crippen molar-refractivity contribution in [2.75, 3.05) is 0 Å². The first kappa shape index (κ1) is 8.07. The number of rotatable bonds is 1. The Hall–Kier alpha value is -1.03. The summed E-state index contributed by atoms with van der Waals surface area (Å²) in [5, 5.41) is -0.991. The summed E-state index contributed by atoms with van der Waals surface area (Å²) in [7, 11) is 0. The molecule has 0 amide bonds. The van der Waals surface area contributed by atoms with Gasteiger partial charge in [0, 0.05) is 12.3 Å². The van der Waals surface area contributed by atoms with Gasteiger partial charge in [-0.3, -0.25) is 4.79 Å². The van der Waals surface area contributed by atoms with Crippen molar-refractivity contribution in [2.45, 2.75) is 0 Å². The van der Waals surface area contributed by atoms with E-state index in [4.69, 9.17) is 11.6 Å². The van der Waals surface area contributed by atoms with E-state index in [0.29, 0.717) is 6.07 Å². The van der Waals surface area contributed by atoms with Crippen LogP contribution < -0.4 is 0 Å². The maximum Gasteiger partial charge on any atom is 0.256 e. The van der Waals surface area contributed by atoms with Crippen LogP contribution in [-0.2, 0) is 0 Å². The quantitative estimate of drug-likeness (QED) is 0.483. The standard InChI is InChI=1S/C6H2ClF2NO/c7-6(11)3-2-10-5(9)1-4(3)8/h1-2H. The highest BCUT2D eigenvalue weighted by molar-refractivity contribution is 6.67. The predicted molar refractivity (Wildman–Crippen MR) is 34.3 cm³/mol. The molecule has 0 N–H and O–H groups in total. The molecule has 0 saturated carbocycles. The lowest BCUT2D eigenvalue weighted by Gasteiger charge is -1.93. The van der Waals surface area contributed by atoms with Crippen LogP contribution in [0.3, 0.4) is 0 Å². The van der Waals surface area contributed by atoms with Gasteiger partial charge in [0.1, 0.15) is 5.82 Å². The average Bonchev–Trinajstić information content (AvgIpc) is 1.85. The van der Waals surface area contributed by atoms with Gasteiger partial charge in [-0.25, -0.2) is 9.37 Å². The molecule has 0 aromatic carbocycles. The Bertz CT molecular complexity index is 303. The second kappa shape index (κ2) is 2.92. The molecular formula is C6H2ClF2NO. The first-order chi connectivity index (χ1) is 5.11. The lowest BCUT2D eigenvalue weighted by molar-refractivity contribution is 0.107. The van der Waals surface area contributed by atoms with Gasteiger partial charge in [0.15, 0.2) is 0 Å². The number of pyridine rings is 1. The predicted octanol–water partition coefficient (Wildman–Crippen LogP) is 1.74. The number of aromatic nitrogens is 1. The molecule has 0 aliphatic rings. The molecule has 0 aliphatic heterocycles. The number of nitrogens with zero attached hydrogens (tertiary/aromatic N) is 1. The van der Waals surface area contributed by atoms with Crippen LogP contribution in [0.25, 0.3) is 0 Å². The molecule has 1 aromatic rings. The summed E-state index contributed by atoms with van der Waals surface area (Å²) in [6.07, 6.45) is 0.750. The van der Waals surface area contributed by atoms with Crippen molar-refractivity contribution in [1.82, 2.24) is 4.98 Å².